The molecule has 0 aromatic heterocycles. The van der Waals surface area contributed by atoms with Gasteiger partial charge in [0.15, 0.2) is 0 Å². The minimum atomic E-state index is -0.377. The molecule has 1 aliphatic rings. The van der Waals surface area contributed by atoms with Crippen molar-refractivity contribution in [2.45, 2.75) is 39.2 Å². The number of nitrogens with one attached hydrogen (secondary N) is 1. The maximum atomic E-state index is 13.1. The van der Waals surface area contributed by atoms with Crippen molar-refractivity contribution in [2.24, 2.45) is 11.8 Å². The highest BCUT2D eigenvalue weighted by molar-refractivity contribution is 5.28. The maximum absolute atomic E-state index is 13.1. The Morgan fingerprint density at radius 2 is 2.06 bits per heavy atom. The van der Waals surface area contributed by atoms with Crippen molar-refractivity contribution in [3.63, 3.8) is 0 Å². The summed E-state index contributed by atoms with van der Waals surface area (Å²) in [6.07, 6.45) is 5.31. The molecule has 2 rings (SSSR count). The van der Waals surface area contributed by atoms with Gasteiger partial charge in [-0.3, -0.25) is 0 Å². The van der Waals surface area contributed by atoms with E-state index < -0.39 is 0 Å². The summed E-state index contributed by atoms with van der Waals surface area (Å²) >= 11 is 0. The highest BCUT2D eigenvalue weighted by Crippen LogP contribution is 2.28. The summed E-state index contributed by atoms with van der Waals surface area (Å²) in [7, 11) is 0. The molecule has 1 aromatic carbocycles. The van der Waals surface area contributed by atoms with Crippen LogP contribution in [0.4, 0.5) is 4.39 Å². The van der Waals surface area contributed by atoms with Crippen LogP contribution in [0.15, 0.2) is 18.2 Å². The molecule has 0 heterocycles. The molecule has 0 radical (unpaired) electrons. The lowest BCUT2D eigenvalue weighted by atomic mass is 9.80. The first-order valence-electron chi connectivity index (χ1n) is 6.84. The molecule has 0 spiro atoms. The molecule has 1 fully saturated rings. The number of hydrogen-bond donors (Lipinski definition) is 2. The maximum Gasteiger partial charge on any atom is 0.127 e. The van der Waals surface area contributed by atoms with Crippen LogP contribution in [0.25, 0.3) is 0 Å². The first-order valence-corrected chi connectivity index (χ1v) is 6.84. The second-order valence-electron chi connectivity index (χ2n) is 5.47. The Kier molecular flexibility index (Phi) is 4.59. The van der Waals surface area contributed by atoms with Gasteiger partial charge in [-0.15, -0.1) is 0 Å². The van der Waals surface area contributed by atoms with Crippen LogP contribution in [0.2, 0.25) is 0 Å². The zero-order valence-corrected chi connectivity index (χ0v) is 11.0. The standard InChI is InChI=1S/C15H22FNO/c1-11-4-2-3-5-13(11)10-17-9-12-6-14(16)8-15(18)7-12/h6-8,11,13,17-18H,2-5,9-10H2,1H3. The minimum Gasteiger partial charge on any atom is -0.508 e. The van der Waals surface area contributed by atoms with E-state index in [-0.39, 0.29) is 11.6 Å². The fourth-order valence-corrected chi connectivity index (χ4v) is 2.83. The molecular weight excluding hydrogens is 229 g/mol. The van der Waals surface area contributed by atoms with Crippen molar-refractivity contribution in [3.05, 3.63) is 29.6 Å². The molecule has 2 N–H and O–H groups in total. The Labute approximate surface area is 108 Å². The number of benzene rings is 1. The largest absolute Gasteiger partial charge is 0.508 e. The summed E-state index contributed by atoms with van der Waals surface area (Å²) in [5, 5.41) is 12.7. The molecule has 100 valence electrons. The monoisotopic (exact) mass is 251 g/mol. The molecule has 0 saturated heterocycles. The fourth-order valence-electron chi connectivity index (χ4n) is 2.83. The molecule has 2 unspecified atom stereocenters. The van der Waals surface area contributed by atoms with Crippen LogP contribution in [0.5, 0.6) is 5.75 Å². The third-order valence-corrected chi connectivity index (χ3v) is 3.97. The predicted octanol–water partition coefficient (Wildman–Crippen LogP) is 3.45. The lowest BCUT2D eigenvalue weighted by molar-refractivity contribution is 0.247. The Bertz CT molecular complexity index is 374. The van der Waals surface area contributed by atoms with Crippen LogP contribution in [-0.4, -0.2) is 11.7 Å². The van der Waals surface area contributed by atoms with Gasteiger partial charge >= 0.3 is 0 Å². The highest BCUT2D eigenvalue weighted by atomic mass is 19.1. The number of rotatable bonds is 4. The Morgan fingerprint density at radius 3 is 2.78 bits per heavy atom. The average Bonchev–Trinajstić information content (AvgIpc) is 2.30. The topological polar surface area (TPSA) is 32.3 Å². The third-order valence-electron chi connectivity index (χ3n) is 3.97. The second kappa shape index (κ2) is 6.19. The van der Waals surface area contributed by atoms with Gasteiger partial charge in [0.2, 0.25) is 0 Å². The second-order valence-corrected chi connectivity index (χ2v) is 5.47. The normalized spacial score (nSPS) is 24.1. The van der Waals surface area contributed by atoms with Crippen molar-refractivity contribution in [2.75, 3.05) is 6.54 Å². The van der Waals surface area contributed by atoms with Crippen molar-refractivity contribution in [3.8, 4) is 5.75 Å². The molecule has 2 nitrogen and oxygen atoms in total. The van der Waals surface area contributed by atoms with E-state index in [0.717, 1.165) is 30.0 Å². The van der Waals surface area contributed by atoms with E-state index in [9.17, 15) is 9.50 Å². The number of aromatic hydroxyl groups is 1. The lowest BCUT2D eigenvalue weighted by Crippen LogP contribution is -2.29. The van der Waals surface area contributed by atoms with Crippen molar-refractivity contribution in [1.29, 1.82) is 0 Å². The van der Waals surface area contributed by atoms with E-state index >= 15 is 0 Å². The molecule has 0 bridgehead atoms. The van der Waals surface area contributed by atoms with Gasteiger partial charge in [0, 0.05) is 12.6 Å². The third kappa shape index (κ3) is 3.70. The summed E-state index contributed by atoms with van der Waals surface area (Å²) in [6.45, 7) is 3.92. The summed E-state index contributed by atoms with van der Waals surface area (Å²) in [6, 6.07) is 4.21. The first kappa shape index (κ1) is 13.3. The summed E-state index contributed by atoms with van der Waals surface area (Å²) in [5.41, 5.74) is 0.802. The van der Waals surface area contributed by atoms with Crippen LogP contribution >= 0.6 is 0 Å². The average molecular weight is 251 g/mol. The Morgan fingerprint density at radius 1 is 1.28 bits per heavy atom. The molecule has 1 aliphatic carbocycles. The van der Waals surface area contributed by atoms with E-state index in [1.165, 1.54) is 31.7 Å². The zero-order chi connectivity index (χ0) is 13.0. The molecule has 2 atom stereocenters. The van der Waals surface area contributed by atoms with Crippen LogP contribution in [-0.2, 0) is 6.54 Å². The van der Waals surface area contributed by atoms with Gasteiger partial charge in [-0.2, -0.15) is 0 Å². The molecule has 1 aromatic rings. The smallest absolute Gasteiger partial charge is 0.127 e. The first-order chi connectivity index (χ1) is 8.65. The SMILES string of the molecule is CC1CCCCC1CNCc1cc(O)cc(F)c1. The van der Waals surface area contributed by atoms with Gasteiger partial charge in [0.1, 0.15) is 11.6 Å². The quantitative estimate of drug-likeness (QED) is 0.859. The number of phenols is 1. The number of halogens is 1. The Hall–Kier alpha value is -1.09. The zero-order valence-electron chi connectivity index (χ0n) is 11.0. The number of hydrogen-bond acceptors (Lipinski definition) is 2. The van der Waals surface area contributed by atoms with Crippen LogP contribution < -0.4 is 5.32 Å². The van der Waals surface area contributed by atoms with Gasteiger partial charge in [0.25, 0.3) is 0 Å². The molecule has 0 aliphatic heterocycles. The molecule has 1 saturated carbocycles. The van der Waals surface area contributed by atoms with E-state index in [1.54, 1.807) is 6.07 Å². The summed E-state index contributed by atoms with van der Waals surface area (Å²) in [4.78, 5) is 0. The van der Waals surface area contributed by atoms with Gasteiger partial charge in [-0.05, 0) is 42.5 Å². The molecular formula is C15H22FNO. The summed E-state index contributed by atoms with van der Waals surface area (Å²) < 4.78 is 13.1. The number of phenolic OH excluding ortho intramolecular Hbond substituents is 1. The molecule has 0 amide bonds. The van der Waals surface area contributed by atoms with Crippen LogP contribution in [0, 0.1) is 17.7 Å². The van der Waals surface area contributed by atoms with Gasteiger partial charge < -0.3 is 10.4 Å². The van der Waals surface area contributed by atoms with E-state index in [1.807, 2.05) is 0 Å². The van der Waals surface area contributed by atoms with Gasteiger partial charge in [-0.1, -0.05) is 26.2 Å². The van der Waals surface area contributed by atoms with E-state index in [0.29, 0.717) is 6.54 Å². The lowest BCUT2D eigenvalue weighted by Gasteiger charge is -2.28. The highest BCUT2D eigenvalue weighted by Gasteiger charge is 2.20. The van der Waals surface area contributed by atoms with Crippen LogP contribution in [0.3, 0.4) is 0 Å². The predicted molar refractivity (Wildman–Crippen MR) is 70.9 cm³/mol. The molecule has 18 heavy (non-hydrogen) atoms. The Balaban J connectivity index is 1.80. The van der Waals surface area contributed by atoms with E-state index in [2.05, 4.69) is 12.2 Å². The van der Waals surface area contributed by atoms with Crippen molar-refractivity contribution >= 4 is 0 Å². The minimum absolute atomic E-state index is 0.00201. The van der Waals surface area contributed by atoms with E-state index in [4.69, 9.17) is 0 Å². The fraction of sp³-hybridized carbons (Fsp3) is 0.600. The van der Waals surface area contributed by atoms with Crippen molar-refractivity contribution < 1.29 is 9.50 Å². The molecule has 3 heteroatoms. The summed E-state index contributed by atoms with van der Waals surface area (Å²) in [5.74, 6) is 1.14. The van der Waals surface area contributed by atoms with Gasteiger partial charge in [-0.25, -0.2) is 4.39 Å². The van der Waals surface area contributed by atoms with Crippen LogP contribution in [0.1, 0.15) is 38.2 Å². The van der Waals surface area contributed by atoms with Crippen molar-refractivity contribution in [1.82, 2.24) is 5.32 Å². The van der Waals surface area contributed by atoms with Gasteiger partial charge in [0.05, 0.1) is 0 Å².